The lowest BCUT2D eigenvalue weighted by Gasteiger charge is -2.01. The van der Waals surface area contributed by atoms with E-state index in [0.29, 0.717) is 6.42 Å². The molecule has 0 aliphatic heterocycles. The van der Waals surface area contributed by atoms with Gasteiger partial charge in [-0.25, -0.2) is 0 Å². The number of carbonyl (C=O) groups is 1. The molecule has 0 aromatic carbocycles. The zero-order valence-corrected chi connectivity index (χ0v) is 5.42. The highest BCUT2D eigenvalue weighted by atomic mass is 16.3. The summed E-state index contributed by atoms with van der Waals surface area (Å²) in [5.41, 5.74) is 0.875. The summed E-state index contributed by atoms with van der Waals surface area (Å²) in [5.74, 6) is 0.144. The van der Waals surface area contributed by atoms with Gasteiger partial charge in [-0.1, -0.05) is 0 Å². The van der Waals surface area contributed by atoms with Crippen molar-refractivity contribution >= 4 is 5.78 Å². The van der Waals surface area contributed by atoms with Gasteiger partial charge in [-0.15, -0.1) is 0 Å². The van der Waals surface area contributed by atoms with Gasteiger partial charge >= 0.3 is 0 Å². The second kappa shape index (κ2) is 2.31. The van der Waals surface area contributed by atoms with Crippen molar-refractivity contribution in [2.24, 2.45) is 0 Å². The number of ketones is 1. The van der Waals surface area contributed by atoms with Crippen LogP contribution in [0.25, 0.3) is 0 Å². The molecule has 0 heterocycles. The number of hydrogen-bond donors (Lipinski definition) is 1. The second-order valence-corrected chi connectivity index (χ2v) is 2.36. The minimum absolute atomic E-state index is 0.144. The Bertz CT molecular complexity index is 156. The minimum Gasteiger partial charge on any atom is -0.389 e. The molecule has 0 unspecified atom stereocenters. The topological polar surface area (TPSA) is 37.3 Å². The molecule has 0 spiro atoms. The van der Waals surface area contributed by atoms with Crippen molar-refractivity contribution in [3.63, 3.8) is 0 Å². The van der Waals surface area contributed by atoms with Crippen molar-refractivity contribution in [3.05, 3.63) is 11.6 Å². The number of aliphatic hydroxyl groups is 1. The SMILES string of the molecule is C[C@@H](O)C1=CC(=O)CC1. The van der Waals surface area contributed by atoms with E-state index in [-0.39, 0.29) is 5.78 Å². The quantitative estimate of drug-likeness (QED) is 0.560. The predicted molar refractivity (Wildman–Crippen MR) is 34.0 cm³/mol. The summed E-state index contributed by atoms with van der Waals surface area (Å²) in [6, 6.07) is 0. The van der Waals surface area contributed by atoms with E-state index in [4.69, 9.17) is 5.11 Å². The van der Waals surface area contributed by atoms with Gasteiger partial charge in [0, 0.05) is 6.42 Å². The van der Waals surface area contributed by atoms with E-state index in [1.807, 2.05) is 0 Å². The first kappa shape index (κ1) is 6.49. The van der Waals surface area contributed by atoms with Crippen LogP contribution in [-0.2, 0) is 4.79 Å². The van der Waals surface area contributed by atoms with Gasteiger partial charge in [-0.2, -0.15) is 0 Å². The summed E-state index contributed by atoms with van der Waals surface area (Å²) in [6.45, 7) is 1.68. The van der Waals surface area contributed by atoms with E-state index in [9.17, 15) is 4.79 Å². The van der Waals surface area contributed by atoms with Gasteiger partial charge in [0.25, 0.3) is 0 Å². The Balaban J connectivity index is 2.62. The van der Waals surface area contributed by atoms with Gasteiger partial charge in [-0.3, -0.25) is 4.79 Å². The number of allylic oxidation sites excluding steroid dienone is 1. The smallest absolute Gasteiger partial charge is 0.156 e. The fourth-order valence-corrected chi connectivity index (χ4v) is 0.948. The molecule has 0 aromatic rings. The highest BCUT2D eigenvalue weighted by molar-refractivity contribution is 5.93. The van der Waals surface area contributed by atoms with Crippen molar-refractivity contribution in [3.8, 4) is 0 Å². The Labute approximate surface area is 54.2 Å². The van der Waals surface area contributed by atoms with E-state index >= 15 is 0 Å². The lowest BCUT2D eigenvalue weighted by Crippen LogP contribution is -2.00. The molecular formula is C7H10O2. The molecule has 0 saturated heterocycles. The highest BCUT2D eigenvalue weighted by Crippen LogP contribution is 2.17. The average molecular weight is 126 g/mol. The van der Waals surface area contributed by atoms with Gasteiger partial charge < -0.3 is 5.11 Å². The van der Waals surface area contributed by atoms with E-state index in [0.717, 1.165) is 12.0 Å². The number of rotatable bonds is 1. The van der Waals surface area contributed by atoms with E-state index in [2.05, 4.69) is 0 Å². The first-order valence-electron chi connectivity index (χ1n) is 3.11. The zero-order valence-electron chi connectivity index (χ0n) is 5.42. The summed E-state index contributed by atoms with van der Waals surface area (Å²) >= 11 is 0. The normalized spacial score (nSPS) is 22.0. The third-order valence-corrected chi connectivity index (χ3v) is 1.54. The third kappa shape index (κ3) is 1.39. The molecule has 0 bridgehead atoms. The summed E-state index contributed by atoms with van der Waals surface area (Å²) in [6.07, 6.45) is 2.44. The standard InChI is InChI=1S/C7H10O2/c1-5(8)6-2-3-7(9)4-6/h4-5,8H,2-3H2,1H3/t5-/m1/s1. The fraction of sp³-hybridized carbons (Fsp3) is 0.571. The third-order valence-electron chi connectivity index (χ3n) is 1.54. The monoisotopic (exact) mass is 126 g/mol. The summed E-state index contributed by atoms with van der Waals surface area (Å²) in [7, 11) is 0. The van der Waals surface area contributed by atoms with Gasteiger partial charge in [0.2, 0.25) is 0 Å². The zero-order chi connectivity index (χ0) is 6.85. The molecule has 1 aliphatic rings. The van der Waals surface area contributed by atoms with Crippen LogP contribution in [0.5, 0.6) is 0 Å². The molecule has 1 aliphatic carbocycles. The van der Waals surface area contributed by atoms with Gasteiger partial charge in [-0.05, 0) is 25.0 Å². The van der Waals surface area contributed by atoms with Crippen molar-refractivity contribution < 1.29 is 9.90 Å². The van der Waals surface area contributed by atoms with Crippen LogP contribution in [-0.4, -0.2) is 17.0 Å². The number of aliphatic hydroxyl groups excluding tert-OH is 1. The van der Waals surface area contributed by atoms with Gasteiger partial charge in [0.1, 0.15) is 0 Å². The Kier molecular flexibility index (Phi) is 1.67. The molecule has 0 radical (unpaired) electrons. The van der Waals surface area contributed by atoms with E-state index < -0.39 is 6.10 Å². The molecule has 9 heavy (non-hydrogen) atoms. The Morgan fingerprint density at radius 3 is 2.56 bits per heavy atom. The van der Waals surface area contributed by atoms with Crippen LogP contribution in [0.3, 0.4) is 0 Å². The minimum atomic E-state index is -0.434. The maximum absolute atomic E-state index is 10.6. The maximum Gasteiger partial charge on any atom is 0.156 e. The summed E-state index contributed by atoms with van der Waals surface area (Å²) in [4.78, 5) is 10.6. The number of hydrogen-bond acceptors (Lipinski definition) is 2. The van der Waals surface area contributed by atoms with Crippen molar-refractivity contribution in [2.75, 3.05) is 0 Å². The molecule has 50 valence electrons. The fourth-order valence-electron chi connectivity index (χ4n) is 0.948. The van der Waals surface area contributed by atoms with Crippen LogP contribution >= 0.6 is 0 Å². The van der Waals surface area contributed by atoms with Crippen LogP contribution in [0.4, 0.5) is 0 Å². The summed E-state index contributed by atoms with van der Waals surface area (Å²) in [5, 5.41) is 8.95. The molecular weight excluding hydrogens is 116 g/mol. The van der Waals surface area contributed by atoms with Crippen LogP contribution in [0.15, 0.2) is 11.6 Å². The van der Waals surface area contributed by atoms with Crippen molar-refractivity contribution in [1.82, 2.24) is 0 Å². The maximum atomic E-state index is 10.6. The van der Waals surface area contributed by atoms with E-state index in [1.54, 1.807) is 13.0 Å². The molecule has 0 fully saturated rings. The van der Waals surface area contributed by atoms with Crippen LogP contribution in [0.1, 0.15) is 19.8 Å². The molecule has 1 atom stereocenters. The van der Waals surface area contributed by atoms with Gasteiger partial charge in [0.15, 0.2) is 5.78 Å². The molecule has 1 N–H and O–H groups in total. The van der Waals surface area contributed by atoms with Crippen LogP contribution in [0.2, 0.25) is 0 Å². The lowest BCUT2D eigenvalue weighted by molar-refractivity contribution is -0.114. The van der Waals surface area contributed by atoms with Crippen LogP contribution in [0, 0.1) is 0 Å². The molecule has 0 saturated carbocycles. The van der Waals surface area contributed by atoms with E-state index in [1.165, 1.54) is 0 Å². The molecule has 1 rings (SSSR count). The molecule has 0 amide bonds. The molecule has 0 aromatic heterocycles. The summed E-state index contributed by atoms with van der Waals surface area (Å²) < 4.78 is 0. The Morgan fingerprint density at radius 1 is 1.67 bits per heavy atom. The predicted octanol–water partition coefficient (Wildman–Crippen LogP) is 0.656. The Hall–Kier alpha value is -0.630. The van der Waals surface area contributed by atoms with Crippen molar-refractivity contribution in [2.45, 2.75) is 25.9 Å². The molecule has 2 nitrogen and oxygen atoms in total. The first-order valence-corrected chi connectivity index (χ1v) is 3.11. The Morgan fingerprint density at radius 2 is 2.33 bits per heavy atom. The number of carbonyl (C=O) groups excluding carboxylic acids is 1. The molecule has 2 heteroatoms. The van der Waals surface area contributed by atoms with Gasteiger partial charge in [0.05, 0.1) is 6.10 Å². The average Bonchev–Trinajstić information content (AvgIpc) is 2.14. The largest absolute Gasteiger partial charge is 0.389 e. The van der Waals surface area contributed by atoms with Crippen LogP contribution < -0.4 is 0 Å². The second-order valence-electron chi connectivity index (χ2n) is 2.36. The highest BCUT2D eigenvalue weighted by Gasteiger charge is 2.14. The van der Waals surface area contributed by atoms with Crippen molar-refractivity contribution in [1.29, 1.82) is 0 Å². The lowest BCUT2D eigenvalue weighted by atomic mass is 10.1. The first-order chi connectivity index (χ1) is 4.20.